The zero-order valence-corrected chi connectivity index (χ0v) is 14.7. The van der Waals surface area contributed by atoms with Gasteiger partial charge in [0.25, 0.3) is 0 Å². The molecule has 2 rings (SSSR count). The number of benzene rings is 2. The molecule has 0 saturated heterocycles. The molecule has 0 saturated carbocycles. The second-order valence-electron chi connectivity index (χ2n) is 5.56. The zero-order chi connectivity index (χ0) is 17.0. The molecule has 0 aliphatic rings. The first-order chi connectivity index (χ1) is 10.9. The molecule has 0 unspecified atom stereocenters. The maximum absolute atomic E-state index is 9.93. The molecule has 0 fully saturated rings. The van der Waals surface area contributed by atoms with Crippen LogP contribution >= 0.6 is 0 Å². The predicted molar refractivity (Wildman–Crippen MR) is 95.0 cm³/mol. The summed E-state index contributed by atoms with van der Waals surface area (Å²) in [6, 6.07) is 10.5. The van der Waals surface area contributed by atoms with Crippen LogP contribution in [0, 0.1) is 13.8 Å². The van der Waals surface area contributed by atoms with Crippen LogP contribution in [0.2, 0.25) is 0 Å². The van der Waals surface area contributed by atoms with Crippen molar-refractivity contribution in [2.75, 3.05) is 6.54 Å². The number of rotatable bonds is 4. The first-order valence-electron chi connectivity index (χ1n) is 7.34. The van der Waals surface area contributed by atoms with Gasteiger partial charge in [-0.3, -0.25) is 0 Å². The van der Waals surface area contributed by atoms with Crippen LogP contribution in [-0.2, 0) is 16.8 Å². The molecule has 0 heterocycles. The van der Waals surface area contributed by atoms with E-state index < -0.39 is 0 Å². The van der Waals surface area contributed by atoms with Crippen LogP contribution < -0.4 is 5.73 Å². The minimum atomic E-state index is 0. The van der Waals surface area contributed by atoms with E-state index in [0.717, 1.165) is 11.1 Å². The number of nitrogens with two attached hydrogens (primary N) is 1. The van der Waals surface area contributed by atoms with Crippen molar-refractivity contribution in [1.29, 1.82) is 0 Å². The molecule has 24 heavy (non-hydrogen) atoms. The molecular weight excluding hydrogens is 347 g/mol. The smallest absolute Gasteiger partial charge is 0.122 e. The van der Waals surface area contributed by atoms with E-state index in [1.54, 1.807) is 30.4 Å². The van der Waals surface area contributed by atoms with Gasteiger partial charge in [0.2, 0.25) is 0 Å². The fourth-order valence-electron chi connectivity index (χ4n) is 2.26. The molecule has 2 aromatic carbocycles. The average Bonchev–Trinajstić information content (AvgIpc) is 2.51. The van der Waals surface area contributed by atoms with Crippen molar-refractivity contribution in [1.82, 2.24) is 0 Å². The van der Waals surface area contributed by atoms with Gasteiger partial charge in [0, 0.05) is 34.5 Å². The molecule has 5 heteroatoms. The first kappa shape index (κ1) is 19.8. The van der Waals surface area contributed by atoms with Gasteiger partial charge in [-0.25, -0.2) is 0 Å². The monoisotopic (exact) mass is 368 g/mol. The minimum Gasteiger partial charge on any atom is -0.698 e. The number of hydrogen-bond donors (Lipinski definition) is 3. The van der Waals surface area contributed by atoms with Gasteiger partial charge in [0.15, 0.2) is 0 Å². The van der Waals surface area contributed by atoms with Crippen LogP contribution in [0.1, 0.15) is 22.3 Å². The van der Waals surface area contributed by atoms with Crippen LogP contribution in [0.3, 0.4) is 0 Å². The Balaban J connectivity index is 0.00000288. The third-order valence-electron chi connectivity index (χ3n) is 3.56. The van der Waals surface area contributed by atoms with Gasteiger partial charge in [-0.1, -0.05) is 29.3 Å². The number of aryl methyl sites for hydroxylation is 2. The molecule has 4 nitrogen and oxygen atoms in total. The molecule has 2 aromatic rings. The Morgan fingerprint density at radius 2 is 1.42 bits per heavy atom. The quantitative estimate of drug-likeness (QED) is 0.708. The Morgan fingerprint density at radius 3 is 1.88 bits per heavy atom. The van der Waals surface area contributed by atoms with Crippen molar-refractivity contribution in [2.45, 2.75) is 13.8 Å². The van der Waals surface area contributed by atoms with Crippen molar-refractivity contribution in [3.05, 3.63) is 75.7 Å². The summed E-state index contributed by atoms with van der Waals surface area (Å²) in [6.45, 7) is 4.02. The summed E-state index contributed by atoms with van der Waals surface area (Å²) in [5.41, 5.74) is 18.0. The van der Waals surface area contributed by atoms with Gasteiger partial charge in [0.05, 0.1) is 0 Å². The van der Waals surface area contributed by atoms with Gasteiger partial charge in [0.1, 0.15) is 11.5 Å². The Hall–Kier alpha value is -2.21. The Kier molecular flexibility index (Phi) is 7.10. The zero-order valence-electron chi connectivity index (χ0n) is 13.6. The van der Waals surface area contributed by atoms with E-state index in [1.807, 2.05) is 32.0 Å². The minimum absolute atomic E-state index is 0. The Bertz CT molecular complexity index is 783. The molecular formula is C19H21CoN2O2-. The average molecular weight is 368 g/mol. The molecule has 0 amide bonds. The normalized spacial score (nSPS) is 12.0. The number of phenolic OH excluding ortho intramolecular Hbond substituents is 2. The molecule has 0 atom stereocenters. The molecule has 0 aliphatic carbocycles. The summed E-state index contributed by atoms with van der Waals surface area (Å²) < 4.78 is 0. The Morgan fingerprint density at radius 1 is 0.958 bits per heavy atom. The standard InChI is InChI=1S/C19H21N2O2.Co/c1-12-3-5-18(22)14(7-12)9-16(11-20)17(21)10-15-8-13(2)4-6-19(15)23;/h3-10,21-23H,11,20H2,1-2H3;/q-1;. The van der Waals surface area contributed by atoms with Crippen molar-refractivity contribution < 1.29 is 27.0 Å². The molecule has 0 aromatic heterocycles. The topological polar surface area (TPSA) is 90.3 Å². The van der Waals surface area contributed by atoms with Crippen LogP contribution in [0.4, 0.5) is 0 Å². The van der Waals surface area contributed by atoms with Gasteiger partial charge in [-0.05, 0) is 49.8 Å². The van der Waals surface area contributed by atoms with E-state index >= 15 is 0 Å². The molecule has 1 radical (unpaired) electrons. The van der Waals surface area contributed by atoms with E-state index in [0.29, 0.717) is 16.7 Å². The summed E-state index contributed by atoms with van der Waals surface area (Å²) in [4.78, 5) is 0. The van der Waals surface area contributed by atoms with Crippen LogP contribution in [0.5, 0.6) is 11.5 Å². The van der Waals surface area contributed by atoms with Crippen LogP contribution in [0.25, 0.3) is 17.9 Å². The summed E-state index contributed by atoms with van der Waals surface area (Å²) in [7, 11) is 0. The van der Waals surface area contributed by atoms with Crippen LogP contribution in [0.15, 0.2) is 47.7 Å². The van der Waals surface area contributed by atoms with Crippen molar-refractivity contribution in [3.63, 3.8) is 0 Å². The van der Waals surface area contributed by atoms with Crippen LogP contribution in [-0.4, -0.2) is 16.8 Å². The van der Waals surface area contributed by atoms with E-state index in [-0.39, 0.29) is 40.5 Å². The molecule has 129 valence electrons. The van der Waals surface area contributed by atoms with E-state index in [9.17, 15) is 10.2 Å². The Labute approximate surface area is 152 Å². The second kappa shape index (κ2) is 8.59. The molecule has 0 aliphatic heterocycles. The summed E-state index contributed by atoms with van der Waals surface area (Å²) in [5, 5.41) is 19.8. The summed E-state index contributed by atoms with van der Waals surface area (Å²) >= 11 is 0. The van der Waals surface area contributed by atoms with Crippen molar-refractivity contribution >= 4 is 12.2 Å². The number of phenols is 2. The first-order valence-corrected chi connectivity index (χ1v) is 7.34. The molecule has 0 bridgehead atoms. The van der Waals surface area contributed by atoms with Crippen molar-refractivity contribution in [3.8, 4) is 11.5 Å². The SMILES string of the molecule is Cc1ccc(O)c(C=C([NH-])C(=Cc2cc(C)ccc2O)CN)c1.[Co]. The van der Waals surface area contributed by atoms with E-state index in [2.05, 4.69) is 0 Å². The van der Waals surface area contributed by atoms with Gasteiger partial charge in [-0.15, -0.1) is 5.70 Å². The van der Waals surface area contributed by atoms with Gasteiger partial charge in [-0.2, -0.15) is 0 Å². The fourth-order valence-corrected chi connectivity index (χ4v) is 2.26. The van der Waals surface area contributed by atoms with Crippen molar-refractivity contribution in [2.24, 2.45) is 5.73 Å². The maximum Gasteiger partial charge on any atom is 0.122 e. The third kappa shape index (κ3) is 4.89. The summed E-state index contributed by atoms with van der Waals surface area (Å²) in [5.74, 6) is 0.267. The third-order valence-corrected chi connectivity index (χ3v) is 3.56. The van der Waals surface area contributed by atoms with Gasteiger partial charge < -0.3 is 21.7 Å². The maximum atomic E-state index is 9.93. The predicted octanol–water partition coefficient (Wildman–Crippen LogP) is 4.15. The largest absolute Gasteiger partial charge is 0.698 e. The number of nitrogens with one attached hydrogen (secondary N) is 1. The molecule has 5 N–H and O–H groups in total. The number of hydrogen-bond acceptors (Lipinski definition) is 3. The molecule has 0 spiro atoms. The van der Waals surface area contributed by atoms with Gasteiger partial charge >= 0.3 is 0 Å². The second-order valence-corrected chi connectivity index (χ2v) is 5.56. The number of aromatic hydroxyl groups is 2. The summed E-state index contributed by atoms with van der Waals surface area (Å²) in [6.07, 6.45) is 3.28. The van der Waals surface area contributed by atoms with E-state index in [1.165, 1.54) is 0 Å². The van der Waals surface area contributed by atoms with E-state index in [4.69, 9.17) is 11.5 Å². The fraction of sp³-hybridized carbons (Fsp3) is 0.158.